The Hall–Kier alpha value is -3.14. The van der Waals surface area contributed by atoms with Crippen LogP contribution in [-0.4, -0.2) is 75.7 Å². The highest BCUT2D eigenvalue weighted by molar-refractivity contribution is 7.99. The van der Waals surface area contributed by atoms with Crippen molar-refractivity contribution in [2.45, 2.75) is 0 Å². The number of imide groups is 2. The van der Waals surface area contributed by atoms with Crippen molar-refractivity contribution >= 4 is 47.1 Å². The highest BCUT2D eigenvalue weighted by atomic mass is 32.2. The third-order valence-corrected chi connectivity index (χ3v) is 5.93. The number of urea groups is 1. The molecule has 4 amide bonds. The largest absolute Gasteiger partial charge is 0.354 e. The molecular formula is C19H19N5O4S. The quantitative estimate of drug-likeness (QED) is 0.528. The highest BCUT2D eigenvalue weighted by Gasteiger charge is 2.38. The van der Waals surface area contributed by atoms with Crippen LogP contribution in [0.2, 0.25) is 0 Å². The average Bonchev–Trinajstić information content (AvgIpc) is 2.75. The fraction of sp³-hybridized carbons (Fsp3) is 0.316. The molecule has 2 aromatic heterocycles. The molecule has 150 valence electrons. The van der Waals surface area contributed by atoms with Crippen molar-refractivity contribution in [1.82, 2.24) is 19.2 Å². The van der Waals surface area contributed by atoms with E-state index >= 15 is 0 Å². The summed E-state index contributed by atoms with van der Waals surface area (Å²) in [6.45, 7) is 1.41. The van der Waals surface area contributed by atoms with Crippen LogP contribution in [0.4, 0.5) is 10.6 Å². The molecule has 0 unspecified atom stereocenters. The van der Waals surface area contributed by atoms with Crippen LogP contribution in [0.15, 0.2) is 34.8 Å². The van der Waals surface area contributed by atoms with E-state index in [9.17, 15) is 19.2 Å². The van der Waals surface area contributed by atoms with Gasteiger partial charge in [0.1, 0.15) is 17.0 Å². The lowest BCUT2D eigenvalue weighted by molar-refractivity contribution is -0.134. The number of aromatic nitrogens is 2. The lowest BCUT2D eigenvalue weighted by Gasteiger charge is -2.30. The molecule has 4 rings (SSSR count). The van der Waals surface area contributed by atoms with Gasteiger partial charge in [-0.15, -0.1) is 0 Å². The summed E-state index contributed by atoms with van der Waals surface area (Å²) >= 11 is 1.82. The molecule has 0 atom stereocenters. The molecule has 29 heavy (non-hydrogen) atoms. The Morgan fingerprint density at radius 2 is 1.66 bits per heavy atom. The first-order valence-corrected chi connectivity index (χ1v) is 10.2. The summed E-state index contributed by atoms with van der Waals surface area (Å²) in [5.41, 5.74) is 0.0307. The SMILES string of the molecule is CN1C(=O)C(=Cc2c(N3CCSCC3)nc3ccccn3c2=O)C(=O)N(C)C1=O. The summed E-state index contributed by atoms with van der Waals surface area (Å²) < 4.78 is 1.38. The number of hydrogen-bond acceptors (Lipinski definition) is 7. The topological polar surface area (TPSA) is 95.3 Å². The van der Waals surface area contributed by atoms with Gasteiger partial charge in [-0.25, -0.2) is 9.78 Å². The molecule has 0 aromatic carbocycles. The van der Waals surface area contributed by atoms with Crippen molar-refractivity contribution in [3.05, 3.63) is 45.9 Å². The number of likely N-dealkylation sites (N-methyl/N-ethyl adjacent to an activating group) is 2. The maximum Gasteiger partial charge on any atom is 0.333 e. The zero-order valence-corrected chi connectivity index (χ0v) is 16.8. The van der Waals surface area contributed by atoms with Crippen LogP contribution < -0.4 is 10.5 Å². The van der Waals surface area contributed by atoms with E-state index in [0.29, 0.717) is 24.6 Å². The lowest BCUT2D eigenvalue weighted by Crippen LogP contribution is -2.53. The summed E-state index contributed by atoms with van der Waals surface area (Å²) in [5.74, 6) is 0.747. The van der Waals surface area contributed by atoms with Gasteiger partial charge in [-0.1, -0.05) is 6.07 Å². The van der Waals surface area contributed by atoms with Crippen molar-refractivity contribution < 1.29 is 14.4 Å². The van der Waals surface area contributed by atoms with Crippen LogP contribution in [0, 0.1) is 0 Å². The standard InChI is InChI=1S/C19H19N5O4S/c1-21-16(25)13(17(26)22(2)19(21)28)11-12-15(23-7-9-29-10-8-23)20-14-5-3-4-6-24(14)18(12)27/h3-6,11H,7-10H2,1-2H3. The number of thioether (sulfide) groups is 1. The monoisotopic (exact) mass is 413 g/mol. The van der Waals surface area contributed by atoms with Crippen LogP contribution in [0.5, 0.6) is 0 Å². The van der Waals surface area contributed by atoms with Gasteiger partial charge in [-0.05, 0) is 18.2 Å². The van der Waals surface area contributed by atoms with E-state index in [1.165, 1.54) is 24.6 Å². The van der Waals surface area contributed by atoms with Crippen LogP contribution in [0.3, 0.4) is 0 Å². The van der Waals surface area contributed by atoms with E-state index in [1.807, 2.05) is 16.7 Å². The lowest BCUT2D eigenvalue weighted by atomic mass is 10.1. The number of nitrogens with zero attached hydrogens (tertiary/aromatic N) is 5. The highest BCUT2D eigenvalue weighted by Crippen LogP contribution is 2.24. The predicted molar refractivity (Wildman–Crippen MR) is 110 cm³/mol. The Morgan fingerprint density at radius 3 is 2.31 bits per heavy atom. The van der Waals surface area contributed by atoms with Crippen LogP contribution >= 0.6 is 11.8 Å². The summed E-state index contributed by atoms with van der Waals surface area (Å²) in [4.78, 5) is 58.8. The first kappa shape index (κ1) is 19.2. The zero-order chi connectivity index (χ0) is 20.7. The van der Waals surface area contributed by atoms with Gasteiger partial charge in [-0.3, -0.25) is 28.6 Å². The summed E-state index contributed by atoms with van der Waals surface area (Å²) in [6, 6.07) is 4.53. The number of barbiturate groups is 1. The second-order valence-electron chi connectivity index (χ2n) is 6.75. The molecule has 9 nitrogen and oxygen atoms in total. The molecule has 0 saturated carbocycles. The molecule has 2 aromatic rings. The number of carbonyl (C=O) groups is 3. The maximum atomic E-state index is 13.2. The molecule has 2 aliphatic rings. The molecule has 0 N–H and O–H groups in total. The Morgan fingerprint density at radius 1 is 1.00 bits per heavy atom. The fourth-order valence-electron chi connectivity index (χ4n) is 3.35. The Labute approximate surface area is 170 Å². The van der Waals surface area contributed by atoms with E-state index in [0.717, 1.165) is 21.3 Å². The second-order valence-corrected chi connectivity index (χ2v) is 7.98. The van der Waals surface area contributed by atoms with Gasteiger partial charge in [0.2, 0.25) is 0 Å². The van der Waals surface area contributed by atoms with Crippen molar-refractivity contribution in [1.29, 1.82) is 0 Å². The molecule has 0 spiro atoms. The van der Waals surface area contributed by atoms with Gasteiger partial charge in [0, 0.05) is 44.9 Å². The van der Waals surface area contributed by atoms with Gasteiger partial charge >= 0.3 is 6.03 Å². The van der Waals surface area contributed by atoms with Crippen LogP contribution in [0.1, 0.15) is 5.56 Å². The minimum atomic E-state index is -0.740. The maximum absolute atomic E-state index is 13.2. The number of hydrogen-bond donors (Lipinski definition) is 0. The third-order valence-electron chi connectivity index (χ3n) is 4.99. The van der Waals surface area contributed by atoms with Crippen molar-refractivity contribution in [3.63, 3.8) is 0 Å². The van der Waals surface area contributed by atoms with E-state index in [4.69, 9.17) is 0 Å². The van der Waals surface area contributed by atoms with E-state index in [2.05, 4.69) is 4.98 Å². The van der Waals surface area contributed by atoms with Crippen molar-refractivity contribution in [2.24, 2.45) is 0 Å². The molecule has 2 fully saturated rings. The number of pyridine rings is 1. The number of fused-ring (bicyclic) bond motifs is 1. The van der Waals surface area contributed by atoms with Crippen molar-refractivity contribution in [2.75, 3.05) is 43.6 Å². The second kappa shape index (κ2) is 7.36. The van der Waals surface area contributed by atoms with Crippen LogP contribution in [0.25, 0.3) is 11.7 Å². The number of anilines is 1. The van der Waals surface area contributed by atoms with Gasteiger partial charge < -0.3 is 4.90 Å². The average molecular weight is 413 g/mol. The molecule has 0 bridgehead atoms. The molecule has 2 aliphatic heterocycles. The predicted octanol–water partition coefficient (Wildman–Crippen LogP) is 0.681. The smallest absolute Gasteiger partial charge is 0.333 e. The summed E-state index contributed by atoms with van der Waals surface area (Å²) in [6.07, 6.45) is 2.87. The Bertz CT molecular complexity index is 1090. The minimum absolute atomic E-state index is 0.161. The first-order valence-electron chi connectivity index (χ1n) is 9.06. The number of carbonyl (C=O) groups excluding carboxylic acids is 3. The first-order chi connectivity index (χ1) is 13.9. The molecule has 4 heterocycles. The van der Waals surface area contributed by atoms with E-state index in [-0.39, 0.29) is 16.7 Å². The minimum Gasteiger partial charge on any atom is -0.354 e. The van der Waals surface area contributed by atoms with Gasteiger partial charge in [0.25, 0.3) is 17.4 Å². The van der Waals surface area contributed by atoms with E-state index < -0.39 is 17.8 Å². The van der Waals surface area contributed by atoms with E-state index in [1.54, 1.807) is 24.4 Å². The number of amides is 4. The summed E-state index contributed by atoms with van der Waals surface area (Å²) in [7, 11) is 2.60. The van der Waals surface area contributed by atoms with Gasteiger partial charge in [-0.2, -0.15) is 11.8 Å². The zero-order valence-electron chi connectivity index (χ0n) is 16.0. The third kappa shape index (κ3) is 3.19. The molecule has 0 aliphatic carbocycles. The Kier molecular flexibility index (Phi) is 4.87. The fourth-order valence-corrected chi connectivity index (χ4v) is 4.26. The molecule has 0 radical (unpaired) electrons. The number of rotatable bonds is 2. The van der Waals surface area contributed by atoms with Crippen molar-refractivity contribution in [3.8, 4) is 0 Å². The Balaban J connectivity index is 1.94. The molecule has 2 saturated heterocycles. The van der Waals surface area contributed by atoms with Crippen LogP contribution in [-0.2, 0) is 9.59 Å². The molecule has 10 heteroatoms. The molecular weight excluding hydrogens is 394 g/mol. The summed E-state index contributed by atoms with van der Waals surface area (Å²) in [5, 5.41) is 0. The van der Waals surface area contributed by atoms with Gasteiger partial charge in [0.05, 0.1) is 5.56 Å². The van der Waals surface area contributed by atoms with Gasteiger partial charge in [0.15, 0.2) is 0 Å². The normalized spacial score (nSPS) is 18.1.